The number of para-hydroxylation sites is 1. The molecule has 1 heterocycles. The van der Waals surface area contributed by atoms with Gasteiger partial charge < -0.3 is 20.1 Å². The number of methoxy groups -OCH3 is 2. The Bertz CT molecular complexity index is 1780. The van der Waals surface area contributed by atoms with Gasteiger partial charge in [-0.15, -0.1) is 11.8 Å². The van der Waals surface area contributed by atoms with Crippen molar-refractivity contribution in [3.63, 3.8) is 0 Å². The molecule has 0 bridgehead atoms. The van der Waals surface area contributed by atoms with Crippen molar-refractivity contribution in [2.24, 2.45) is 0 Å². The highest BCUT2D eigenvalue weighted by atomic mass is 127. The second-order valence-corrected chi connectivity index (χ2v) is 12.3. The van der Waals surface area contributed by atoms with E-state index in [0.717, 1.165) is 3.57 Å². The Hall–Kier alpha value is -4.62. The fraction of sp³-hybridized carbons (Fsp3) is 0.118. The van der Waals surface area contributed by atoms with Gasteiger partial charge in [0.15, 0.2) is 11.5 Å². The van der Waals surface area contributed by atoms with Crippen LogP contribution in [0.25, 0.3) is 6.08 Å². The lowest BCUT2D eigenvalue weighted by atomic mass is 10.1. The molecule has 45 heavy (non-hydrogen) atoms. The Morgan fingerprint density at radius 2 is 1.64 bits per heavy atom. The number of thioether (sulfide) groups is 1. The van der Waals surface area contributed by atoms with E-state index < -0.39 is 17.1 Å². The molecule has 4 amide bonds. The minimum atomic E-state index is -0.608. The van der Waals surface area contributed by atoms with Gasteiger partial charge in [-0.2, -0.15) is 0 Å². The summed E-state index contributed by atoms with van der Waals surface area (Å²) in [5.74, 6) is -0.742. The van der Waals surface area contributed by atoms with Crippen LogP contribution in [0.1, 0.15) is 22.3 Å². The Morgan fingerprint density at radius 1 is 0.911 bits per heavy atom. The van der Waals surface area contributed by atoms with Crippen molar-refractivity contribution < 1.29 is 28.7 Å². The molecule has 9 nitrogen and oxygen atoms in total. The summed E-state index contributed by atoms with van der Waals surface area (Å²) < 4.78 is 11.9. The third-order valence-electron chi connectivity index (χ3n) is 6.82. The monoisotopic (exact) mass is 733 g/mol. The summed E-state index contributed by atoms with van der Waals surface area (Å²) >= 11 is 3.42. The maximum absolute atomic E-state index is 13.6. The second kappa shape index (κ2) is 14.4. The Morgan fingerprint density at radius 3 is 2.36 bits per heavy atom. The van der Waals surface area contributed by atoms with Crippen LogP contribution in [0.15, 0.2) is 108 Å². The van der Waals surface area contributed by atoms with Gasteiger partial charge in [-0.1, -0.05) is 36.4 Å². The number of anilines is 2. The number of hydrogen-bond donors (Lipinski definition) is 2. The summed E-state index contributed by atoms with van der Waals surface area (Å²) in [7, 11) is 3.00. The quantitative estimate of drug-likeness (QED) is 0.114. The molecule has 0 aliphatic carbocycles. The average Bonchev–Trinajstić information content (AvgIpc) is 3.33. The number of ether oxygens (including phenoxy) is 2. The van der Waals surface area contributed by atoms with E-state index in [1.165, 1.54) is 37.0 Å². The van der Waals surface area contributed by atoms with Crippen molar-refractivity contribution in [2.45, 2.75) is 16.6 Å². The first-order valence-corrected chi connectivity index (χ1v) is 15.7. The molecule has 1 unspecified atom stereocenters. The molecule has 1 aliphatic rings. The summed E-state index contributed by atoms with van der Waals surface area (Å²) in [5, 5.41) is 4.95. The van der Waals surface area contributed by atoms with E-state index in [2.05, 4.69) is 33.2 Å². The lowest BCUT2D eigenvalue weighted by Gasteiger charge is -2.15. The van der Waals surface area contributed by atoms with Gasteiger partial charge in [0.05, 0.1) is 25.2 Å². The van der Waals surface area contributed by atoms with Crippen molar-refractivity contribution in [2.75, 3.05) is 24.4 Å². The van der Waals surface area contributed by atoms with Crippen molar-refractivity contribution in [3.8, 4) is 11.5 Å². The average molecular weight is 734 g/mol. The summed E-state index contributed by atoms with van der Waals surface area (Å²) in [5.41, 5.74) is 1.84. The normalized spacial score (nSPS) is 14.7. The van der Waals surface area contributed by atoms with E-state index in [1.54, 1.807) is 84.9 Å². The van der Waals surface area contributed by atoms with Crippen LogP contribution in [0.5, 0.6) is 11.5 Å². The van der Waals surface area contributed by atoms with Crippen molar-refractivity contribution in [3.05, 3.63) is 117 Å². The van der Waals surface area contributed by atoms with Gasteiger partial charge in [-0.3, -0.25) is 19.2 Å². The molecule has 11 heteroatoms. The van der Waals surface area contributed by atoms with Gasteiger partial charge in [-0.25, -0.2) is 4.90 Å². The first-order chi connectivity index (χ1) is 21.8. The summed E-state index contributed by atoms with van der Waals surface area (Å²) in [6, 6.07) is 27.9. The predicted molar refractivity (Wildman–Crippen MR) is 182 cm³/mol. The van der Waals surface area contributed by atoms with Gasteiger partial charge in [0.25, 0.3) is 11.8 Å². The Labute approximate surface area is 278 Å². The van der Waals surface area contributed by atoms with Crippen molar-refractivity contribution in [1.82, 2.24) is 5.32 Å². The third-order valence-corrected chi connectivity index (χ3v) is 8.72. The van der Waals surface area contributed by atoms with Crippen LogP contribution in [0, 0.1) is 3.57 Å². The molecule has 1 saturated heterocycles. The largest absolute Gasteiger partial charge is 0.493 e. The minimum absolute atomic E-state index is 0.0295. The maximum atomic E-state index is 13.6. The van der Waals surface area contributed by atoms with Crippen LogP contribution in [0.4, 0.5) is 11.4 Å². The highest BCUT2D eigenvalue weighted by molar-refractivity contribution is 14.1. The topological polar surface area (TPSA) is 114 Å². The Balaban J connectivity index is 1.37. The van der Waals surface area contributed by atoms with E-state index in [9.17, 15) is 19.2 Å². The first kappa shape index (κ1) is 31.8. The molecule has 1 atom stereocenters. The molecular weight excluding hydrogens is 705 g/mol. The number of amides is 4. The van der Waals surface area contributed by atoms with Crippen molar-refractivity contribution in [1.29, 1.82) is 0 Å². The van der Waals surface area contributed by atoms with E-state index in [0.29, 0.717) is 38.9 Å². The summed E-state index contributed by atoms with van der Waals surface area (Å²) in [4.78, 5) is 54.6. The lowest BCUT2D eigenvalue weighted by molar-refractivity contribution is -0.121. The molecule has 0 saturated carbocycles. The van der Waals surface area contributed by atoms with Crippen LogP contribution < -0.4 is 25.0 Å². The lowest BCUT2D eigenvalue weighted by Crippen LogP contribution is -2.31. The van der Waals surface area contributed by atoms with E-state index >= 15 is 0 Å². The number of imide groups is 1. The van der Waals surface area contributed by atoms with Crippen LogP contribution in [-0.4, -0.2) is 43.1 Å². The zero-order valence-electron chi connectivity index (χ0n) is 24.3. The predicted octanol–water partition coefficient (Wildman–Crippen LogP) is 6.14. The second-order valence-electron chi connectivity index (χ2n) is 9.80. The molecule has 4 aromatic rings. The van der Waals surface area contributed by atoms with Gasteiger partial charge >= 0.3 is 0 Å². The molecule has 0 aromatic heterocycles. The van der Waals surface area contributed by atoms with E-state index in [-0.39, 0.29) is 23.9 Å². The fourth-order valence-corrected chi connectivity index (χ4v) is 6.16. The molecule has 4 aromatic carbocycles. The number of hydrogen-bond acceptors (Lipinski definition) is 7. The smallest absolute Gasteiger partial charge is 0.272 e. The van der Waals surface area contributed by atoms with Gasteiger partial charge in [-0.05, 0) is 89.3 Å². The number of carbonyl (C=O) groups is 4. The first-order valence-electron chi connectivity index (χ1n) is 13.8. The third kappa shape index (κ3) is 7.55. The standard InChI is InChI=1S/C34H28IN3O6S/c1-43-28-13-6-10-22(31(28)44-2)18-27(37-32(40)21-8-4-3-5-9-21)33(41)36-24-11-7-12-26(19-24)45-29-20-30(39)38(34(29)42)25-16-14-23(35)15-17-25/h3-19,29H,20H2,1-2H3,(H,36,41)(H,37,40)/b27-18-. The fourth-order valence-electron chi connectivity index (χ4n) is 4.69. The van der Waals surface area contributed by atoms with Gasteiger partial charge in [0.1, 0.15) is 5.70 Å². The molecule has 228 valence electrons. The van der Waals surface area contributed by atoms with E-state index in [4.69, 9.17) is 9.47 Å². The van der Waals surface area contributed by atoms with Gasteiger partial charge in [0, 0.05) is 31.7 Å². The van der Waals surface area contributed by atoms with Crippen LogP contribution in [0.2, 0.25) is 0 Å². The molecule has 2 N–H and O–H groups in total. The van der Waals surface area contributed by atoms with Gasteiger partial charge in [0.2, 0.25) is 11.8 Å². The molecule has 1 fully saturated rings. The zero-order chi connectivity index (χ0) is 31.9. The molecule has 1 aliphatic heterocycles. The minimum Gasteiger partial charge on any atom is -0.493 e. The van der Waals surface area contributed by atoms with Crippen LogP contribution >= 0.6 is 34.4 Å². The highest BCUT2D eigenvalue weighted by Crippen LogP contribution is 2.35. The highest BCUT2D eigenvalue weighted by Gasteiger charge is 2.40. The molecular formula is C34H28IN3O6S. The zero-order valence-corrected chi connectivity index (χ0v) is 27.3. The molecule has 0 spiro atoms. The SMILES string of the molecule is COc1cccc(/C=C(\NC(=O)c2ccccc2)C(=O)Nc2cccc(SC3CC(=O)N(c4ccc(I)cc4)C3=O)c2)c1OC. The number of rotatable bonds is 10. The maximum Gasteiger partial charge on any atom is 0.272 e. The number of nitrogens with one attached hydrogen (secondary N) is 2. The number of benzene rings is 4. The van der Waals surface area contributed by atoms with E-state index in [1.807, 2.05) is 12.1 Å². The van der Waals surface area contributed by atoms with Crippen molar-refractivity contribution >= 4 is 75.4 Å². The summed E-state index contributed by atoms with van der Waals surface area (Å²) in [6.45, 7) is 0. The van der Waals surface area contributed by atoms with Crippen LogP contribution in [-0.2, 0) is 14.4 Å². The molecule has 5 rings (SSSR count). The van der Waals surface area contributed by atoms with Crippen LogP contribution in [0.3, 0.4) is 0 Å². The summed E-state index contributed by atoms with van der Waals surface area (Å²) in [6.07, 6.45) is 1.57. The number of carbonyl (C=O) groups excluding carboxylic acids is 4. The molecule has 0 radical (unpaired) electrons. The Kier molecular flexibility index (Phi) is 10.2. The number of halogens is 1. The number of nitrogens with zero attached hydrogens (tertiary/aromatic N) is 1.